The Morgan fingerprint density at radius 1 is 1.14 bits per heavy atom. The maximum atomic E-state index is 13.1. The highest BCUT2D eigenvalue weighted by Crippen LogP contribution is 2.24. The van der Waals surface area contributed by atoms with Crippen molar-refractivity contribution in [1.29, 1.82) is 0 Å². The number of ether oxygens (including phenoxy) is 1. The smallest absolute Gasteiger partial charge is 0.160 e. The Kier molecular flexibility index (Phi) is 5.18. The molecule has 0 radical (unpaired) electrons. The van der Waals surface area contributed by atoms with Crippen molar-refractivity contribution in [1.82, 2.24) is 0 Å². The summed E-state index contributed by atoms with van der Waals surface area (Å²) in [6, 6.07) is 9.16. The second-order valence-electron chi connectivity index (χ2n) is 4.23. The lowest BCUT2D eigenvalue weighted by Crippen LogP contribution is -2.04. The number of hydrogen-bond donors (Lipinski definition) is 1. The summed E-state index contributed by atoms with van der Waals surface area (Å²) in [5, 5.41) is 3.01. The van der Waals surface area contributed by atoms with Crippen LogP contribution in [0.25, 0.3) is 0 Å². The fraction of sp³-hybridized carbons (Fsp3) is 0.125. The first-order valence-corrected chi connectivity index (χ1v) is 6.93. The number of benzene rings is 2. The highest BCUT2D eigenvalue weighted by molar-refractivity contribution is 9.10. The highest BCUT2D eigenvalue weighted by Gasteiger charge is 2.06. The Morgan fingerprint density at radius 3 is 2.67 bits per heavy atom. The lowest BCUT2D eigenvalue weighted by atomic mass is 10.2. The van der Waals surface area contributed by atoms with Crippen LogP contribution < -0.4 is 10.1 Å². The molecule has 2 rings (SSSR count). The van der Waals surface area contributed by atoms with Crippen molar-refractivity contribution >= 4 is 21.6 Å². The van der Waals surface area contributed by atoms with Gasteiger partial charge in [-0.15, -0.1) is 6.42 Å². The van der Waals surface area contributed by atoms with Gasteiger partial charge in [-0.2, -0.15) is 0 Å². The van der Waals surface area contributed by atoms with Gasteiger partial charge in [0.15, 0.2) is 11.6 Å². The number of nitrogens with one attached hydrogen (secondary N) is 1. The minimum Gasteiger partial charge on any atom is -0.481 e. The van der Waals surface area contributed by atoms with Crippen LogP contribution in [0.2, 0.25) is 0 Å². The summed E-state index contributed by atoms with van der Waals surface area (Å²) in [7, 11) is 0. The molecule has 0 saturated carbocycles. The molecule has 2 aromatic carbocycles. The molecule has 0 spiro atoms. The number of terminal acetylenes is 1. The molecule has 0 aliphatic carbocycles. The third-order valence-electron chi connectivity index (χ3n) is 2.74. The summed E-state index contributed by atoms with van der Waals surface area (Å²) >= 11 is 3.38. The molecule has 0 bridgehead atoms. The van der Waals surface area contributed by atoms with Gasteiger partial charge in [0.25, 0.3) is 0 Å². The Hall–Kier alpha value is -2.06. The second kappa shape index (κ2) is 7.09. The van der Waals surface area contributed by atoms with Gasteiger partial charge in [-0.1, -0.05) is 21.9 Å². The first kappa shape index (κ1) is 15.3. The monoisotopic (exact) mass is 351 g/mol. The van der Waals surface area contributed by atoms with Crippen LogP contribution in [0, 0.1) is 24.0 Å². The lowest BCUT2D eigenvalue weighted by molar-refractivity contribution is 0.366. The van der Waals surface area contributed by atoms with Crippen molar-refractivity contribution < 1.29 is 13.5 Å². The largest absolute Gasteiger partial charge is 0.481 e. The molecule has 0 aromatic heterocycles. The molecule has 2 nitrogen and oxygen atoms in total. The average Bonchev–Trinajstić information content (AvgIpc) is 2.47. The Morgan fingerprint density at radius 2 is 1.95 bits per heavy atom. The van der Waals surface area contributed by atoms with Crippen LogP contribution in [0.15, 0.2) is 40.9 Å². The Labute approximate surface area is 130 Å². The predicted molar refractivity (Wildman–Crippen MR) is 82.2 cm³/mol. The third kappa shape index (κ3) is 4.20. The van der Waals surface area contributed by atoms with Crippen molar-refractivity contribution in [3.8, 4) is 18.1 Å². The lowest BCUT2D eigenvalue weighted by Gasteiger charge is -2.12. The van der Waals surface area contributed by atoms with E-state index in [0.717, 1.165) is 22.2 Å². The minimum absolute atomic E-state index is 0.166. The Balaban J connectivity index is 2.13. The molecule has 0 aliphatic heterocycles. The summed E-state index contributed by atoms with van der Waals surface area (Å²) in [6.45, 7) is 0.560. The van der Waals surface area contributed by atoms with Gasteiger partial charge in [-0.05, 0) is 30.3 Å². The van der Waals surface area contributed by atoms with E-state index in [1.54, 1.807) is 6.07 Å². The third-order valence-corrected chi connectivity index (χ3v) is 3.23. The highest BCUT2D eigenvalue weighted by atomic mass is 79.9. The predicted octanol–water partition coefficient (Wildman–Crippen LogP) is 4.35. The molecule has 21 heavy (non-hydrogen) atoms. The maximum Gasteiger partial charge on any atom is 0.160 e. The van der Waals surface area contributed by atoms with Crippen molar-refractivity contribution in [2.45, 2.75) is 6.54 Å². The van der Waals surface area contributed by atoms with E-state index in [-0.39, 0.29) is 6.61 Å². The van der Waals surface area contributed by atoms with Gasteiger partial charge in [-0.3, -0.25) is 0 Å². The topological polar surface area (TPSA) is 21.3 Å². The van der Waals surface area contributed by atoms with Crippen molar-refractivity contribution in [3.05, 3.63) is 58.1 Å². The molecular weight excluding hydrogens is 340 g/mol. The van der Waals surface area contributed by atoms with Gasteiger partial charge >= 0.3 is 0 Å². The van der Waals surface area contributed by atoms with Crippen LogP contribution in [-0.2, 0) is 6.54 Å². The van der Waals surface area contributed by atoms with E-state index in [1.807, 2.05) is 12.1 Å². The maximum absolute atomic E-state index is 13.1. The zero-order valence-corrected chi connectivity index (χ0v) is 12.6. The number of hydrogen-bond acceptors (Lipinski definition) is 2. The standard InChI is InChI=1S/C16H12BrF2NO/c1-2-7-21-16-6-3-12(17)8-11(16)10-20-13-4-5-14(18)15(19)9-13/h1,3-6,8-9,20H,7,10H2. The molecule has 0 unspecified atom stereocenters. The van der Waals surface area contributed by atoms with Crippen molar-refractivity contribution in [2.24, 2.45) is 0 Å². The van der Waals surface area contributed by atoms with Gasteiger partial charge in [0.2, 0.25) is 0 Å². The summed E-state index contributed by atoms with van der Waals surface area (Å²) < 4.78 is 32.3. The van der Waals surface area contributed by atoms with Gasteiger partial charge in [0.05, 0.1) is 0 Å². The van der Waals surface area contributed by atoms with E-state index in [2.05, 4.69) is 27.2 Å². The summed E-state index contributed by atoms with van der Waals surface area (Å²) in [5.74, 6) is 1.28. The van der Waals surface area contributed by atoms with Crippen LogP contribution >= 0.6 is 15.9 Å². The van der Waals surface area contributed by atoms with Crippen LogP contribution in [-0.4, -0.2) is 6.61 Å². The van der Waals surface area contributed by atoms with E-state index in [9.17, 15) is 8.78 Å². The summed E-state index contributed by atoms with van der Waals surface area (Å²) in [5.41, 5.74) is 1.33. The normalized spacial score (nSPS) is 10.0. The fourth-order valence-electron chi connectivity index (χ4n) is 1.75. The molecular formula is C16H12BrF2NO. The average molecular weight is 352 g/mol. The van der Waals surface area contributed by atoms with E-state index in [4.69, 9.17) is 11.2 Å². The number of rotatable bonds is 5. The Bertz CT molecular complexity index is 682. The second-order valence-corrected chi connectivity index (χ2v) is 5.14. The van der Waals surface area contributed by atoms with Crippen LogP contribution in [0.1, 0.15) is 5.56 Å². The van der Waals surface area contributed by atoms with Crippen LogP contribution in [0.4, 0.5) is 14.5 Å². The van der Waals surface area contributed by atoms with Crippen molar-refractivity contribution in [2.75, 3.05) is 11.9 Å². The van der Waals surface area contributed by atoms with E-state index in [1.165, 1.54) is 6.07 Å². The zero-order valence-electron chi connectivity index (χ0n) is 11.0. The number of anilines is 1. The molecule has 0 fully saturated rings. The molecule has 5 heteroatoms. The SMILES string of the molecule is C#CCOc1ccc(Br)cc1CNc1ccc(F)c(F)c1. The first-order chi connectivity index (χ1) is 10.1. The first-order valence-electron chi connectivity index (χ1n) is 6.14. The molecule has 0 saturated heterocycles. The van der Waals surface area contributed by atoms with Gasteiger partial charge in [0.1, 0.15) is 12.4 Å². The molecule has 0 heterocycles. The summed E-state index contributed by atoms with van der Waals surface area (Å²) in [6.07, 6.45) is 5.18. The minimum atomic E-state index is -0.891. The van der Waals surface area contributed by atoms with E-state index < -0.39 is 11.6 Å². The van der Waals surface area contributed by atoms with E-state index in [0.29, 0.717) is 18.0 Å². The fourth-order valence-corrected chi connectivity index (χ4v) is 2.16. The van der Waals surface area contributed by atoms with Gasteiger partial charge < -0.3 is 10.1 Å². The van der Waals surface area contributed by atoms with E-state index >= 15 is 0 Å². The van der Waals surface area contributed by atoms with Crippen molar-refractivity contribution in [3.63, 3.8) is 0 Å². The molecule has 0 amide bonds. The molecule has 1 N–H and O–H groups in total. The zero-order chi connectivity index (χ0) is 15.2. The van der Waals surface area contributed by atoms with Gasteiger partial charge in [-0.25, -0.2) is 8.78 Å². The van der Waals surface area contributed by atoms with Crippen LogP contribution in [0.3, 0.4) is 0 Å². The van der Waals surface area contributed by atoms with Crippen LogP contribution in [0.5, 0.6) is 5.75 Å². The molecule has 0 atom stereocenters. The summed E-state index contributed by atoms with van der Waals surface area (Å²) in [4.78, 5) is 0. The van der Waals surface area contributed by atoms with Gasteiger partial charge in [0, 0.05) is 28.3 Å². The molecule has 2 aromatic rings. The molecule has 108 valence electrons. The number of halogens is 3. The molecule has 0 aliphatic rings. The quantitative estimate of drug-likeness (QED) is 0.808.